The number of thioether (sulfide) groups is 1. The number of sulfonamides is 1. The first kappa shape index (κ1) is 26.8. The largest absolute Gasteiger partial charge is 0.378 e. The number of nitrogens with two attached hydrogens (primary N) is 1. The molecule has 0 unspecified atom stereocenters. The van der Waals surface area contributed by atoms with Crippen LogP contribution in [0.2, 0.25) is 0 Å². The van der Waals surface area contributed by atoms with E-state index in [2.05, 4.69) is 9.71 Å². The lowest BCUT2D eigenvalue weighted by atomic mass is 10.1. The number of halogens is 2. The van der Waals surface area contributed by atoms with Gasteiger partial charge in [-0.15, -0.1) is 0 Å². The predicted octanol–water partition coefficient (Wildman–Crippen LogP) is 1.50. The second kappa shape index (κ2) is 9.88. The molecule has 3 aliphatic rings. The molecule has 0 aromatic heterocycles. The number of alkyl halides is 2. The van der Waals surface area contributed by atoms with Crippen LogP contribution in [0.1, 0.15) is 18.4 Å². The lowest BCUT2D eigenvalue weighted by Gasteiger charge is -2.38. The second-order valence-electron chi connectivity index (χ2n) is 8.99. The van der Waals surface area contributed by atoms with Crippen molar-refractivity contribution in [1.29, 1.82) is 16.1 Å². The summed E-state index contributed by atoms with van der Waals surface area (Å²) in [5.41, 5.74) is 5.05. The number of benzene rings is 1. The van der Waals surface area contributed by atoms with Crippen molar-refractivity contribution in [2.24, 2.45) is 10.7 Å². The molecular formula is C21H25F2N9O3S2. The highest BCUT2D eigenvalue weighted by molar-refractivity contribution is 8.26. The van der Waals surface area contributed by atoms with Gasteiger partial charge in [0, 0.05) is 50.7 Å². The van der Waals surface area contributed by atoms with Crippen LogP contribution in [-0.2, 0) is 10.0 Å². The molecule has 1 aromatic carbocycles. The smallest absolute Gasteiger partial charge is 0.320 e. The molecule has 1 aromatic rings. The fourth-order valence-electron chi connectivity index (χ4n) is 4.33. The number of piperazine rings is 1. The monoisotopic (exact) mass is 553 g/mol. The quantitative estimate of drug-likeness (QED) is 0.291. The van der Waals surface area contributed by atoms with Crippen LogP contribution in [0.25, 0.3) is 0 Å². The number of amidine groups is 1. The SMILES string of the molecule is CN1C[C@H]2CN(c3cc(S(=O)(=O)NC4(C#N)CC4)cc(N=C(N)SC(=N)C(F)F)c3C=N)CCN2C1=O. The molecule has 0 radical (unpaired) electrons. The number of carbonyl (C=O) groups excluding carboxylic acids is 1. The summed E-state index contributed by atoms with van der Waals surface area (Å²) >= 11 is 0.228. The van der Waals surface area contributed by atoms with Crippen molar-refractivity contribution in [2.45, 2.75) is 35.7 Å². The highest BCUT2D eigenvalue weighted by atomic mass is 32.2. The number of hydrogen-bond donors (Lipinski definition) is 4. The first-order chi connectivity index (χ1) is 17.4. The summed E-state index contributed by atoms with van der Waals surface area (Å²) < 4.78 is 54.5. The highest BCUT2D eigenvalue weighted by Crippen LogP contribution is 2.39. The first-order valence-corrected chi connectivity index (χ1v) is 13.5. The maximum Gasteiger partial charge on any atom is 0.320 e. The summed E-state index contributed by atoms with van der Waals surface area (Å²) in [5.74, 6) is 0. The average molecular weight is 554 g/mol. The number of rotatable bonds is 7. The summed E-state index contributed by atoms with van der Waals surface area (Å²) in [4.78, 5) is 21.4. The Kier molecular flexibility index (Phi) is 7.14. The minimum atomic E-state index is -4.21. The van der Waals surface area contributed by atoms with Gasteiger partial charge in [0.25, 0.3) is 6.43 Å². The van der Waals surface area contributed by atoms with Crippen molar-refractivity contribution in [1.82, 2.24) is 14.5 Å². The van der Waals surface area contributed by atoms with Crippen molar-refractivity contribution >= 4 is 55.6 Å². The lowest BCUT2D eigenvalue weighted by molar-refractivity contribution is 0.187. The topological polar surface area (TPSA) is 183 Å². The molecule has 12 nitrogen and oxygen atoms in total. The summed E-state index contributed by atoms with van der Waals surface area (Å²) in [6.07, 6.45) is -1.37. The number of aliphatic imine (C=N–C) groups is 1. The molecular weight excluding hydrogens is 528 g/mol. The van der Waals surface area contributed by atoms with Crippen molar-refractivity contribution in [3.05, 3.63) is 17.7 Å². The summed E-state index contributed by atoms with van der Waals surface area (Å²) in [5, 5.41) is 23.3. The van der Waals surface area contributed by atoms with E-state index in [1.165, 1.54) is 6.07 Å². The number of urea groups is 1. The van der Waals surface area contributed by atoms with Crippen LogP contribution in [0.4, 0.5) is 25.0 Å². The minimum Gasteiger partial charge on any atom is -0.378 e. The Hall–Kier alpha value is -3.29. The molecule has 0 spiro atoms. The molecule has 37 heavy (non-hydrogen) atoms. The molecule has 1 saturated carbocycles. The Morgan fingerprint density at radius 2 is 2.08 bits per heavy atom. The van der Waals surface area contributed by atoms with Gasteiger partial charge in [0.15, 0.2) is 5.17 Å². The number of anilines is 1. The number of likely N-dealkylation sites (N-methyl/N-ethyl adjacent to an activating group) is 1. The Balaban J connectivity index is 1.77. The highest BCUT2D eigenvalue weighted by Gasteiger charge is 2.47. The van der Waals surface area contributed by atoms with Gasteiger partial charge in [-0.05, 0) is 36.7 Å². The summed E-state index contributed by atoms with van der Waals surface area (Å²) in [7, 11) is -2.52. The Morgan fingerprint density at radius 3 is 2.68 bits per heavy atom. The van der Waals surface area contributed by atoms with Gasteiger partial charge in [0.05, 0.1) is 22.7 Å². The standard InChI is InChI=1S/C21H25F2N9O3S2/c1-30-9-12-10-31(4-5-32(12)20(30)33)16-7-13(37(34,35)29-21(11-25)2-3-21)6-15(14(16)8-24)28-19(27)36-18(26)17(22)23/h6-8,12,17,24,26,29H,2-5,9-10H2,1H3,(H2,27,28)/t12-/m0/s1. The van der Waals surface area contributed by atoms with Crippen molar-refractivity contribution < 1.29 is 22.0 Å². The number of nitrogens with one attached hydrogen (secondary N) is 3. The van der Waals surface area contributed by atoms with Crippen molar-refractivity contribution in [3.63, 3.8) is 0 Å². The van der Waals surface area contributed by atoms with E-state index in [9.17, 15) is 27.3 Å². The van der Waals surface area contributed by atoms with Gasteiger partial charge in [-0.1, -0.05) is 0 Å². The van der Waals surface area contributed by atoms with Gasteiger partial charge in [0.2, 0.25) is 10.0 Å². The van der Waals surface area contributed by atoms with Gasteiger partial charge in [0.1, 0.15) is 10.6 Å². The molecule has 1 aliphatic carbocycles. The van der Waals surface area contributed by atoms with E-state index >= 15 is 0 Å². The normalized spacial score (nSPS) is 21.2. The molecule has 198 valence electrons. The Morgan fingerprint density at radius 1 is 1.38 bits per heavy atom. The average Bonchev–Trinajstić information content (AvgIpc) is 3.55. The van der Waals surface area contributed by atoms with Crippen LogP contribution < -0.4 is 15.4 Å². The van der Waals surface area contributed by atoms with E-state index in [4.69, 9.17) is 16.6 Å². The number of hydrogen-bond acceptors (Lipinski definition) is 9. The van der Waals surface area contributed by atoms with Crippen molar-refractivity contribution in [2.75, 3.05) is 38.1 Å². The predicted molar refractivity (Wildman–Crippen MR) is 136 cm³/mol. The summed E-state index contributed by atoms with van der Waals surface area (Å²) in [6.45, 7) is 1.56. The number of amides is 2. The maximum atomic E-state index is 13.2. The van der Waals surface area contributed by atoms with E-state index in [-0.39, 0.29) is 40.0 Å². The van der Waals surface area contributed by atoms with Gasteiger partial charge in [-0.2, -0.15) is 9.98 Å². The van der Waals surface area contributed by atoms with Gasteiger partial charge >= 0.3 is 6.03 Å². The molecule has 2 amide bonds. The molecule has 5 N–H and O–H groups in total. The fourth-order valence-corrected chi connectivity index (χ4v) is 6.20. The third kappa shape index (κ3) is 5.38. The van der Waals surface area contributed by atoms with E-state index in [1.807, 2.05) is 11.0 Å². The fraction of sp³-hybridized carbons (Fsp3) is 0.476. The summed E-state index contributed by atoms with van der Waals surface area (Å²) in [6, 6.07) is 4.24. The van der Waals surface area contributed by atoms with Crippen LogP contribution in [0.5, 0.6) is 0 Å². The second-order valence-corrected chi connectivity index (χ2v) is 11.7. The van der Waals surface area contributed by atoms with Gasteiger partial charge in [-0.25, -0.2) is 27.0 Å². The molecule has 0 bridgehead atoms. The van der Waals surface area contributed by atoms with E-state index < -0.39 is 32.2 Å². The van der Waals surface area contributed by atoms with Crippen LogP contribution in [0, 0.1) is 22.1 Å². The minimum absolute atomic E-state index is 0.0659. The molecule has 1 atom stereocenters. The zero-order chi connectivity index (χ0) is 27.1. The maximum absolute atomic E-state index is 13.2. The van der Waals surface area contributed by atoms with Gasteiger partial charge in [-0.3, -0.25) is 5.41 Å². The number of nitriles is 1. The molecule has 2 heterocycles. The molecule has 2 aliphatic heterocycles. The Labute approximate surface area is 216 Å². The van der Waals surface area contributed by atoms with E-state index in [0.29, 0.717) is 44.7 Å². The first-order valence-electron chi connectivity index (χ1n) is 11.2. The third-order valence-corrected chi connectivity index (χ3v) is 8.60. The number of carbonyl (C=O) groups is 1. The van der Waals surface area contributed by atoms with Crippen LogP contribution >= 0.6 is 11.8 Å². The van der Waals surface area contributed by atoms with Gasteiger partial charge < -0.3 is 25.8 Å². The number of fused-ring (bicyclic) bond motifs is 1. The van der Waals surface area contributed by atoms with Crippen LogP contribution in [0.3, 0.4) is 0 Å². The molecule has 2 saturated heterocycles. The lowest BCUT2D eigenvalue weighted by Crippen LogP contribution is -2.52. The van der Waals surface area contributed by atoms with Crippen LogP contribution in [-0.4, -0.2) is 91.9 Å². The Bertz CT molecular complexity index is 1320. The van der Waals surface area contributed by atoms with E-state index in [0.717, 1.165) is 12.3 Å². The van der Waals surface area contributed by atoms with Crippen molar-refractivity contribution in [3.8, 4) is 6.07 Å². The van der Waals surface area contributed by atoms with E-state index in [1.54, 1.807) is 16.8 Å². The number of nitrogens with zero attached hydrogens (tertiary/aromatic N) is 5. The molecule has 4 rings (SSSR count). The van der Waals surface area contributed by atoms with Crippen LogP contribution in [0.15, 0.2) is 22.0 Å². The molecule has 3 fully saturated rings. The third-order valence-electron chi connectivity index (χ3n) is 6.38. The zero-order valence-electron chi connectivity index (χ0n) is 19.7. The molecule has 16 heteroatoms. The zero-order valence-corrected chi connectivity index (χ0v) is 21.4.